The van der Waals surface area contributed by atoms with Gasteiger partial charge in [-0.05, 0) is 44.4 Å². The summed E-state index contributed by atoms with van der Waals surface area (Å²) in [7, 11) is 0. The monoisotopic (exact) mass is 451 g/mol. The van der Waals surface area contributed by atoms with Crippen LogP contribution in [-0.2, 0) is 20.7 Å². The summed E-state index contributed by atoms with van der Waals surface area (Å²) in [5.41, 5.74) is 0.865. The quantitative estimate of drug-likeness (QED) is 0.323. The summed E-state index contributed by atoms with van der Waals surface area (Å²) < 4.78 is 16.6. The molecule has 182 valence electrons. The molecule has 32 heavy (non-hydrogen) atoms. The van der Waals surface area contributed by atoms with Crippen LogP contribution in [0.15, 0.2) is 24.3 Å². The van der Waals surface area contributed by atoms with E-state index in [4.69, 9.17) is 14.2 Å². The van der Waals surface area contributed by atoms with E-state index in [1.165, 1.54) is 19.3 Å². The largest absolute Gasteiger partial charge is 0.492 e. The molecule has 2 unspecified atom stereocenters. The zero-order valence-electron chi connectivity index (χ0n) is 20.2. The molecule has 0 saturated heterocycles. The lowest BCUT2D eigenvalue weighted by Crippen LogP contribution is -2.37. The molecule has 1 N–H and O–H groups in total. The third-order valence-electron chi connectivity index (χ3n) is 5.28. The van der Waals surface area contributed by atoms with Gasteiger partial charge in [-0.3, -0.25) is 0 Å². The van der Waals surface area contributed by atoms with E-state index >= 15 is 0 Å². The molecule has 0 bridgehead atoms. The van der Waals surface area contributed by atoms with Gasteiger partial charge in [-0.15, -0.1) is 0 Å². The van der Waals surface area contributed by atoms with Crippen LogP contribution in [0.2, 0.25) is 0 Å². The van der Waals surface area contributed by atoms with Gasteiger partial charge in [0.2, 0.25) is 0 Å². The Hall–Kier alpha value is -2.28. The average molecular weight is 452 g/mol. The fraction of sp³-hybridized carbons (Fsp3) is 0.680. The molecule has 1 aromatic carbocycles. The number of carbonyl (C=O) groups excluding carboxylic acids is 1. The molecule has 0 heterocycles. The zero-order valence-corrected chi connectivity index (χ0v) is 20.2. The van der Waals surface area contributed by atoms with E-state index in [0.29, 0.717) is 38.5 Å². The number of hydrogen-bond donors (Lipinski definition) is 1. The van der Waals surface area contributed by atoms with Gasteiger partial charge in [0.05, 0.1) is 6.54 Å². The fourth-order valence-corrected chi connectivity index (χ4v) is 3.16. The van der Waals surface area contributed by atoms with Gasteiger partial charge in [0.1, 0.15) is 18.5 Å². The topological polar surface area (TPSA) is 85.3 Å². The van der Waals surface area contributed by atoms with Crippen LogP contribution >= 0.6 is 0 Å². The standard InChI is InChI=1S/C25H41NO6/c1-5-8-9-10-11-16-26(25(29)32-20(4)6-2)17-18-31-22-14-12-21(13-15-22)19-23(24(27)28)30-7-3/h12-15,20,23H,5-11,16-19H2,1-4H3,(H,27,28). The Morgan fingerprint density at radius 1 is 1.00 bits per heavy atom. The number of unbranched alkanes of at least 4 members (excludes halogenated alkanes) is 4. The van der Waals surface area contributed by atoms with E-state index in [1.807, 2.05) is 38.1 Å². The lowest BCUT2D eigenvalue weighted by Gasteiger charge is -2.24. The molecule has 0 aromatic heterocycles. The van der Waals surface area contributed by atoms with Gasteiger partial charge < -0.3 is 24.2 Å². The van der Waals surface area contributed by atoms with Crippen molar-refractivity contribution in [1.82, 2.24) is 4.90 Å². The molecule has 7 nitrogen and oxygen atoms in total. The predicted octanol–water partition coefficient (Wildman–Crippen LogP) is 5.31. The second kappa shape index (κ2) is 16.4. The van der Waals surface area contributed by atoms with Gasteiger partial charge in [-0.1, -0.05) is 51.7 Å². The van der Waals surface area contributed by atoms with E-state index in [0.717, 1.165) is 24.8 Å². The van der Waals surface area contributed by atoms with Crippen molar-refractivity contribution in [2.24, 2.45) is 0 Å². The van der Waals surface area contributed by atoms with Crippen LogP contribution in [0.5, 0.6) is 5.75 Å². The molecule has 0 aliphatic heterocycles. The van der Waals surface area contributed by atoms with Crippen LogP contribution < -0.4 is 4.74 Å². The van der Waals surface area contributed by atoms with Gasteiger partial charge in [0.15, 0.2) is 6.10 Å². The number of benzene rings is 1. The SMILES string of the molecule is CCCCCCCN(CCOc1ccc(CC(OCC)C(=O)O)cc1)C(=O)OC(C)CC. The first-order valence-corrected chi connectivity index (χ1v) is 11.9. The van der Waals surface area contributed by atoms with Gasteiger partial charge >= 0.3 is 12.1 Å². The number of ether oxygens (including phenoxy) is 3. The summed E-state index contributed by atoms with van der Waals surface area (Å²) in [5, 5.41) is 9.22. The second-order valence-corrected chi connectivity index (χ2v) is 7.98. The van der Waals surface area contributed by atoms with Crippen molar-refractivity contribution >= 4 is 12.1 Å². The van der Waals surface area contributed by atoms with Gasteiger partial charge in [0, 0.05) is 19.6 Å². The van der Waals surface area contributed by atoms with Crippen molar-refractivity contribution in [2.75, 3.05) is 26.3 Å². The summed E-state index contributed by atoms with van der Waals surface area (Å²) in [6.07, 6.45) is 5.48. The number of amides is 1. The maximum atomic E-state index is 12.5. The predicted molar refractivity (Wildman–Crippen MR) is 125 cm³/mol. The third kappa shape index (κ3) is 11.4. The zero-order chi connectivity index (χ0) is 23.8. The van der Waals surface area contributed by atoms with Crippen LogP contribution in [-0.4, -0.2) is 60.6 Å². The van der Waals surface area contributed by atoms with Crippen LogP contribution in [0, 0.1) is 0 Å². The average Bonchev–Trinajstić information content (AvgIpc) is 2.78. The summed E-state index contributed by atoms with van der Waals surface area (Å²) in [6.45, 7) is 9.69. The minimum atomic E-state index is -0.966. The Kier molecular flexibility index (Phi) is 14.2. The highest BCUT2D eigenvalue weighted by molar-refractivity contribution is 5.72. The molecular weight excluding hydrogens is 410 g/mol. The number of carboxylic acids is 1. The van der Waals surface area contributed by atoms with E-state index in [2.05, 4.69) is 6.92 Å². The first-order valence-electron chi connectivity index (χ1n) is 11.9. The number of carbonyl (C=O) groups is 2. The van der Waals surface area contributed by atoms with Crippen molar-refractivity contribution in [3.8, 4) is 5.75 Å². The highest BCUT2D eigenvalue weighted by Crippen LogP contribution is 2.15. The summed E-state index contributed by atoms with van der Waals surface area (Å²) in [5.74, 6) is -0.290. The molecule has 0 aliphatic rings. The maximum absolute atomic E-state index is 12.5. The Balaban J connectivity index is 2.55. The number of aliphatic carboxylic acids is 1. The second-order valence-electron chi connectivity index (χ2n) is 7.98. The molecule has 7 heteroatoms. The molecule has 0 fully saturated rings. The van der Waals surface area contributed by atoms with Gasteiger partial charge in [-0.2, -0.15) is 0 Å². The highest BCUT2D eigenvalue weighted by atomic mass is 16.6. The maximum Gasteiger partial charge on any atom is 0.410 e. The van der Waals surface area contributed by atoms with Crippen molar-refractivity contribution in [2.45, 2.75) is 84.8 Å². The Morgan fingerprint density at radius 2 is 1.69 bits per heavy atom. The molecule has 0 aliphatic carbocycles. The number of hydrogen-bond acceptors (Lipinski definition) is 5. The van der Waals surface area contributed by atoms with Gasteiger partial charge in [-0.25, -0.2) is 9.59 Å². The Bertz CT molecular complexity index is 648. The lowest BCUT2D eigenvalue weighted by atomic mass is 10.1. The number of rotatable bonds is 17. The first kappa shape index (κ1) is 27.8. The third-order valence-corrected chi connectivity index (χ3v) is 5.28. The molecule has 0 spiro atoms. The van der Waals surface area contributed by atoms with Crippen LogP contribution in [0.3, 0.4) is 0 Å². The smallest absolute Gasteiger partial charge is 0.410 e. The van der Waals surface area contributed by atoms with Crippen molar-refractivity contribution < 1.29 is 28.9 Å². The van der Waals surface area contributed by atoms with Crippen molar-refractivity contribution in [1.29, 1.82) is 0 Å². The van der Waals surface area contributed by atoms with Crippen LogP contribution in [0.4, 0.5) is 4.79 Å². The number of nitrogens with zero attached hydrogens (tertiary/aromatic N) is 1. The fourth-order valence-electron chi connectivity index (χ4n) is 3.16. The molecular formula is C25H41NO6. The molecule has 1 aromatic rings. The summed E-state index contributed by atoms with van der Waals surface area (Å²) in [6, 6.07) is 7.31. The molecule has 0 radical (unpaired) electrons. The normalized spacial score (nSPS) is 12.8. The minimum Gasteiger partial charge on any atom is -0.492 e. The van der Waals surface area contributed by atoms with E-state index in [-0.39, 0.29) is 12.2 Å². The van der Waals surface area contributed by atoms with Crippen molar-refractivity contribution in [3.05, 3.63) is 29.8 Å². The highest BCUT2D eigenvalue weighted by Gasteiger charge is 2.19. The van der Waals surface area contributed by atoms with Gasteiger partial charge in [0.25, 0.3) is 0 Å². The molecule has 0 saturated carbocycles. The van der Waals surface area contributed by atoms with Crippen LogP contribution in [0.25, 0.3) is 0 Å². The van der Waals surface area contributed by atoms with E-state index < -0.39 is 12.1 Å². The number of carboxylic acid groups (broad SMARTS) is 1. The molecule has 2 atom stereocenters. The Morgan fingerprint density at radius 3 is 2.28 bits per heavy atom. The molecule has 1 rings (SSSR count). The van der Waals surface area contributed by atoms with E-state index in [1.54, 1.807) is 11.8 Å². The summed E-state index contributed by atoms with van der Waals surface area (Å²) in [4.78, 5) is 25.5. The van der Waals surface area contributed by atoms with E-state index in [9.17, 15) is 14.7 Å². The molecule has 1 amide bonds. The minimum absolute atomic E-state index is 0.107. The lowest BCUT2D eigenvalue weighted by molar-refractivity contribution is -0.149. The van der Waals surface area contributed by atoms with Crippen molar-refractivity contribution in [3.63, 3.8) is 0 Å². The van der Waals surface area contributed by atoms with Crippen LogP contribution in [0.1, 0.15) is 71.8 Å². The first-order chi connectivity index (χ1) is 15.4. The summed E-state index contributed by atoms with van der Waals surface area (Å²) >= 11 is 0. The Labute approximate surface area is 193 Å².